The molecule has 3 nitrogen and oxygen atoms in total. The fraction of sp³-hybridized carbons (Fsp3) is 0.588. The van der Waals surface area contributed by atoms with Crippen molar-refractivity contribution in [1.82, 2.24) is 5.32 Å². The summed E-state index contributed by atoms with van der Waals surface area (Å²) in [4.78, 5) is 12.4. The highest BCUT2D eigenvalue weighted by atomic mass is 35.5. The van der Waals surface area contributed by atoms with Crippen LogP contribution in [-0.2, 0) is 10.5 Å². The van der Waals surface area contributed by atoms with Crippen LogP contribution in [0.25, 0.3) is 0 Å². The van der Waals surface area contributed by atoms with Crippen LogP contribution in [0.15, 0.2) is 30.3 Å². The van der Waals surface area contributed by atoms with Crippen LogP contribution >= 0.6 is 24.2 Å². The Morgan fingerprint density at radius 1 is 1.32 bits per heavy atom. The summed E-state index contributed by atoms with van der Waals surface area (Å²) in [6.07, 6.45) is 2.43. The summed E-state index contributed by atoms with van der Waals surface area (Å²) in [6, 6.07) is 10.4. The lowest BCUT2D eigenvalue weighted by atomic mass is 10.1. The number of hydrogen-bond acceptors (Lipinski definition) is 3. The van der Waals surface area contributed by atoms with Crippen LogP contribution in [-0.4, -0.2) is 23.7 Å². The van der Waals surface area contributed by atoms with Gasteiger partial charge in [0.2, 0.25) is 5.91 Å². The number of halogens is 1. The second kappa shape index (κ2) is 9.43. The van der Waals surface area contributed by atoms with Gasteiger partial charge in [0.05, 0.1) is 5.25 Å². The molecule has 0 saturated heterocycles. The maximum Gasteiger partial charge on any atom is 0.233 e. The topological polar surface area (TPSA) is 55.1 Å². The highest BCUT2D eigenvalue weighted by Crippen LogP contribution is 2.31. The van der Waals surface area contributed by atoms with Crippen LogP contribution < -0.4 is 11.1 Å². The van der Waals surface area contributed by atoms with E-state index in [4.69, 9.17) is 5.73 Å². The van der Waals surface area contributed by atoms with Gasteiger partial charge in [0.15, 0.2) is 0 Å². The molecule has 0 spiro atoms. The summed E-state index contributed by atoms with van der Waals surface area (Å²) in [6.45, 7) is 4.81. The third-order valence-electron chi connectivity index (χ3n) is 3.88. The van der Waals surface area contributed by atoms with Crippen molar-refractivity contribution in [2.45, 2.75) is 43.7 Å². The van der Waals surface area contributed by atoms with Crippen LogP contribution in [0.4, 0.5) is 0 Å². The Morgan fingerprint density at radius 2 is 1.95 bits per heavy atom. The van der Waals surface area contributed by atoms with Crippen LogP contribution in [0.1, 0.15) is 32.3 Å². The van der Waals surface area contributed by atoms with Crippen molar-refractivity contribution < 1.29 is 4.79 Å². The van der Waals surface area contributed by atoms with Crippen LogP contribution in [0.3, 0.4) is 0 Å². The normalized spacial score (nSPS) is 16.7. The van der Waals surface area contributed by atoms with Crippen LogP contribution in [0, 0.1) is 11.8 Å². The highest BCUT2D eigenvalue weighted by molar-refractivity contribution is 7.99. The predicted octanol–water partition coefficient (Wildman–Crippen LogP) is 3.22. The lowest BCUT2D eigenvalue weighted by Crippen LogP contribution is -2.43. The van der Waals surface area contributed by atoms with Gasteiger partial charge >= 0.3 is 0 Å². The molecule has 0 radical (unpaired) electrons. The van der Waals surface area contributed by atoms with Gasteiger partial charge < -0.3 is 11.1 Å². The number of benzene rings is 1. The minimum Gasteiger partial charge on any atom is -0.354 e. The maximum atomic E-state index is 12.4. The molecule has 1 aliphatic carbocycles. The number of carbonyl (C=O) groups is 1. The second-order valence-electron chi connectivity index (χ2n) is 6.21. The van der Waals surface area contributed by atoms with Gasteiger partial charge in [-0.15, -0.1) is 24.2 Å². The number of nitrogens with two attached hydrogens (primary N) is 1. The molecule has 1 saturated carbocycles. The number of carbonyl (C=O) groups excluding carboxylic acids is 1. The Labute approximate surface area is 144 Å². The molecule has 0 aliphatic heterocycles. The Morgan fingerprint density at radius 3 is 2.50 bits per heavy atom. The van der Waals surface area contributed by atoms with Crippen molar-refractivity contribution >= 4 is 30.1 Å². The zero-order chi connectivity index (χ0) is 15.2. The van der Waals surface area contributed by atoms with Gasteiger partial charge in [-0.1, -0.05) is 44.2 Å². The highest BCUT2D eigenvalue weighted by Gasteiger charge is 2.29. The zero-order valence-corrected chi connectivity index (χ0v) is 15.0. The van der Waals surface area contributed by atoms with Gasteiger partial charge in [-0.05, 0) is 30.2 Å². The van der Waals surface area contributed by atoms with Gasteiger partial charge in [-0.2, -0.15) is 0 Å². The predicted molar refractivity (Wildman–Crippen MR) is 97.3 cm³/mol. The molecule has 1 aromatic carbocycles. The first kappa shape index (κ1) is 19.3. The smallest absolute Gasteiger partial charge is 0.233 e. The molecule has 1 aromatic rings. The van der Waals surface area contributed by atoms with E-state index in [1.54, 1.807) is 11.8 Å². The molecule has 0 heterocycles. The summed E-state index contributed by atoms with van der Waals surface area (Å²) in [7, 11) is 0. The number of rotatable bonds is 8. The standard InChI is InChI=1S/C17H26N2OS.ClH/c1-12(2)16(21-11-13-6-4-3-5-7-13)17(20)19-10-15(18)14-8-9-14;/h3-7,12,14-16H,8-11,18H2,1-2H3,(H,19,20);1H. The number of amides is 1. The van der Waals surface area contributed by atoms with Crippen molar-refractivity contribution in [2.75, 3.05) is 6.54 Å². The molecule has 2 rings (SSSR count). The van der Waals surface area contributed by atoms with E-state index in [-0.39, 0.29) is 29.6 Å². The molecular weight excluding hydrogens is 316 g/mol. The minimum atomic E-state index is -0.0170. The summed E-state index contributed by atoms with van der Waals surface area (Å²) < 4.78 is 0. The molecule has 0 bridgehead atoms. The van der Waals surface area contributed by atoms with E-state index in [0.717, 1.165) is 5.75 Å². The summed E-state index contributed by atoms with van der Waals surface area (Å²) in [5.41, 5.74) is 7.31. The average Bonchev–Trinajstić information content (AvgIpc) is 3.30. The Kier molecular flexibility index (Phi) is 8.29. The van der Waals surface area contributed by atoms with Gasteiger partial charge in [0.25, 0.3) is 0 Å². The quantitative estimate of drug-likeness (QED) is 0.762. The molecule has 2 unspecified atom stereocenters. The first-order chi connectivity index (χ1) is 10.1. The van der Waals surface area contributed by atoms with Gasteiger partial charge in [-0.25, -0.2) is 0 Å². The van der Waals surface area contributed by atoms with Crippen molar-refractivity contribution in [3.05, 3.63) is 35.9 Å². The molecule has 1 amide bonds. The Hall–Kier alpha value is -0.710. The monoisotopic (exact) mass is 342 g/mol. The number of nitrogens with one attached hydrogen (secondary N) is 1. The van der Waals surface area contributed by atoms with Crippen molar-refractivity contribution in [3.63, 3.8) is 0 Å². The van der Waals surface area contributed by atoms with Crippen molar-refractivity contribution in [3.8, 4) is 0 Å². The molecule has 1 aliphatic rings. The van der Waals surface area contributed by atoms with E-state index < -0.39 is 0 Å². The molecule has 2 atom stereocenters. The molecule has 22 heavy (non-hydrogen) atoms. The molecule has 1 fully saturated rings. The fourth-order valence-electron chi connectivity index (χ4n) is 2.34. The van der Waals surface area contributed by atoms with Crippen molar-refractivity contribution in [2.24, 2.45) is 17.6 Å². The molecule has 0 aromatic heterocycles. The second-order valence-corrected chi connectivity index (χ2v) is 7.34. The summed E-state index contributed by atoms with van der Waals surface area (Å²) in [5.74, 6) is 1.93. The van der Waals surface area contributed by atoms with Crippen LogP contribution in [0.5, 0.6) is 0 Å². The number of thioether (sulfide) groups is 1. The average molecular weight is 343 g/mol. The van der Waals surface area contributed by atoms with Gasteiger partial charge in [0.1, 0.15) is 0 Å². The van der Waals surface area contributed by atoms with E-state index in [1.165, 1.54) is 18.4 Å². The lowest BCUT2D eigenvalue weighted by Gasteiger charge is -2.21. The van der Waals surface area contributed by atoms with E-state index in [9.17, 15) is 4.79 Å². The third-order valence-corrected chi connectivity index (χ3v) is 5.49. The fourth-order valence-corrected chi connectivity index (χ4v) is 3.53. The minimum absolute atomic E-state index is 0. The Bertz CT molecular complexity index is 451. The largest absolute Gasteiger partial charge is 0.354 e. The SMILES string of the molecule is CC(C)C(SCc1ccccc1)C(=O)NCC(N)C1CC1.Cl. The van der Waals surface area contributed by atoms with E-state index in [0.29, 0.717) is 18.4 Å². The van der Waals surface area contributed by atoms with Gasteiger partial charge in [0, 0.05) is 18.3 Å². The summed E-state index contributed by atoms with van der Waals surface area (Å²) >= 11 is 1.71. The molecular formula is C17H27ClN2OS. The maximum absolute atomic E-state index is 12.4. The lowest BCUT2D eigenvalue weighted by molar-refractivity contribution is -0.121. The first-order valence-corrected chi connectivity index (χ1v) is 8.81. The van der Waals surface area contributed by atoms with Crippen LogP contribution in [0.2, 0.25) is 0 Å². The van der Waals surface area contributed by atoms with Gasteiger partial charge in [-0.3, -0.25) is 4.79 Å². The zero-order valence-electron chi connectivity index (χ0n) is 13.3. The first-order valence-electron chi connectivity index (χ1n) is 7.76. The number of hydrogen-bond donors (Lipinski definition) is 2. The van der Waals surface area contributed by atoms with E-state index in [2.05, 4.69) is 31.3 Å². The summed E-state index contributed by atoms with van der Waals surface area (Å²) in [5, 5.41) is 3.02. The molecule has 5 heteroatoms. The third kappa shape index (κ3) is 6.19. The molecule has 124 valence electrons. The Balaban J connectivity index is 0.00000242. The van der Waals surface area contributed by atoms with E-state index >= 15 is 0 Å². The van der Waals surface area contributed by atoms with Crippen molar-refractivity contribution in [1.29, 1.82) is 0 Å². The molecule has 3 N–H and O–H groups in total. The van der Waals surface area contributed by atoms with E-state index in [1.807, 2.05) is 18.2 Å².